The molecule has 2 rings (SSSR count). The Bertz CT molecular complexity index is 229. The molecule has 1 fully saturated rings. The number of hydrogen-bond acceptors (Lipinski definition) is 0. The second-order valence-corrected chi connectivity index (χ2v) is 5.78. The molecule has 1 atom stereocenters. The third-order valence-electron chi connectivity index (χ3n) is 2.45. The molecule has 0 N–H and O–H groups in total. The highest BCUT2D eigenvalue weighted by atomic mass is 35.5. The summed E-state index contributed by atoms with van der Waals surface area (Å²) in [6, 6.07) is 0. The number of fused-ring (bicyclic) bond motifs is 2. The summed E-state index contributed by atoms with van der Waals surface area (Å²) >= 11 is 24.0. The van der Waals surface area contributed by atoms with Gasteiger partial charge in [-0.05, 0) is 18.4 Å². The topological polar surface area (TPSA) is 0 Å². The molecule has 0 aromatic rings. The summed E-state index contributed by atoms with van der Waals surface area (Å²) in [5.74, 6) is 0.204. The minimum atomic E-state index is -1.06. The smallest absolute Gasteiger partial charge is 0.0976 e. The number of alkyl halides is 4. The lowest BCUT2D eigenvalue weighted by atomic mass is 10.0. The highest BCUT2D eigenvalue weighted by molar-refractivity contribution is 6.64. The number of allylic oxidation sites excluding steroid dienone is 2. The van der Waals surface area contributed by atoms with Crippen molar-refractivity contribution in [2.45, 2.75) is 21.5 Å². The normalized spacial score (nSPS) is 37.5. The van der Waals surface area contributed by atoms with Crippen LogP contribution in [0.15, 0.2) is 11.6 Å². The lowest BCUT2D eigenvalue weighted by Crippen LogP contribution is -2.37. The van der Waals surface area contributed by atoms with E-state index in [1.54, 1.807) is 0 Å². The summed E-state index contributed by atoms with van der Waals surface area (Å²) in [5, 5.41) is 0. The summed E-state index contributed by atoms with van der Waals surface area (Å²) < 4.78 is -2.04. The first-order valence-corrected chi connectivity index (χ1v) is 4.92. The summed E-state index contributed by atoms with van der Waals surface area (Å²) in [7, 11) is 0. The van der Waals surface area contributed by atoms with Crippen LogP contribution < -0.4 is 0 Å². The van der Waals surface area contributed by atoms with E-state index in [0.717, 1.165) is 18.4 Å². The maximum atomic E-state index is 6.02. The van der Waals surface area contributed by atoms with Gasteiger partial charge in [0.05, 0.1) is 0 Å². The van der Waals surface area contributed by atoms with Gasteiger partial charge in [0.1, 0.15) is 0 Å². The zero-order valence-corrected chi connectivity index (χ0v) is 8.60. The third kappa shape index (κ3) is 0.904. The molecular formula is C7H6Cl4. The molecule has 0 spiro atoms. The van der Waals surface area contributed by atoms with Crippen molar-refractivity contribution in [3.05, 3.63) is 11.6 Å². The molecule has 0 radical (unpaired) electrons. The molecule has 11 heavy (non-hydrogen) atoms. The van der Waals surface area contributed by atoms with Gasteiger partial charge >= 0.3 is 0 Å². The fourth-order valence-corrected chi connectivity index (χ4v) is 2.91. The standard InChI is InChI=1S/C7H6Cl4/c8-6(9)4-1-2-5(3-4)7(6,10)11/h1,5H,2-3H2. The maximum Gasteiger partial charge on any atom is 0.172 e. The Morgan fingerprint density at radius 2 is 1.91 bits per heavy atom. The molecule has 4 heteroatoms. The molecule has 0 amide bonds. The van der Waals surface area contributed by atoms with E-state index in [4.69, 9.17) is 46.4 Å². The van der Waals surface area contributed by atoms with E-state index in [0.29, 0.717) is 0 Å². The van der Waals surface area contributed by atoms with Gasteiger partial charge < -0.3 is 0 Å². The lowest BCUT2D eigenvalue weighted by Gasteiger charge is -2.32. The van der Waals surface area contributed by atoms with Crippen LogP contribution in [-0.2, 0) is 0 Å². The van der Waals surface area contributed by atoms with Crippen LogP contribution in [0, 0.1) is 5.92 Å². The Kier molecular flexibility index (Phi) is 1.72. The van der Waals surface area contributed by atoms with Gasteiger partial charge in [0.25, 0.3) is 0 Å². The Labute approximate surface area is 85.4 Å². The van der Waals surface area contributed by atoms with Crippen LogP contribution in [0.3, 0.4) is 0 Å². The van der Waals surface area contributed by atoms with Crippen molar-refractivity contribution in [3.63, 3.8) is 0 Å². The molecular weight excluding hydrogens is 226 g/mol. The van der Waals surface area contributed by atoms with Gasteiger partial charge in [0.2, 0.25) is 0 Å². The zero-order chi connectivity index (χ0) is 8.28. The highest BCUT2D eigenvalue weighted by Crippen LogP contribution is 2.64. The van der Waals surface area contributed by atoms with Crippen LogP contribution in [-0.4, -0.2) is 8.67 Å². The van der Waals surface area contributed by atoms with E-state index in [-0.39, 0.29) is 5.92 Å². The van der Waals surface area contributed by atoms with E-state index in [9.17, 15) is 0 Å². The van der Waals surface area contributed by atoms with Gasteiger partial charge in [-0.3, -0.25) is 0 Å². The van der Waals surface area contributed by atoms with Crippen LogP contribution >= 0.6 is 46.4 Å². The molecule has 62 valence electrons. The van der Waals surface area contributed by atoms with Crippen molar-refractivity contribution >= 4 is 46.4 Å². The average molecular weight is 232 g/mol. The first kappa shape index (κ1) is 8.50. The molecule has 0 saturated heterocycles. The summed E-state index contributed by atoms with van der Waals surface area (Å²) in [4.78, 5) is 0. The molecule has 0 nitrogen and oxygen atoms in total. The highest BCUT2D eigenvalue weighted by Gasteiger charge is 2.62. The molecule has 2 aliphatic rings. The number of hydrogen-bond donors (Lipinski definition) is 0. The number of rotatable bonds is 0. The van der Waals surface area contributed by atoms with E-state index in [1.165, 1.54) is 0 Å². The molecule has 1 unspecified atom stereocenters. The van der Waals surface area contributed by atoms with Crippen molar-refractivity contribution in [1.82, 2.24) is 0 Å². The summed E-state index contributed by atoms with van der Waals surface area (Å²) in [5.41, 5.74) is 0.982. The third-order valence-corrected chi connectivity index (χ3v) is 5.10. The molecule has 2 bridgehead atoms. The fourth-order valence-electron chi connectivity index (χ4n) is 1.72. The molecule has 0 aromatic heterocycles. The molecule has 1 saturated carbocycles. The maximum absolute atomic E-state index is 6.02. The van der Waals surface area contributed by atoms with Crippen molar-refractivity contribution in [3.8, 4) is 0 Å². The van der Waals surface area contributed by atoms with Gasteiger partial charge in [-0.2, -0.15) is 0 Å². The Hall–Kier alpha value is 0.900. The second-order valence-electron chi connectivity index (χ2n) is 3.06. The molecule has 0 aromatic carbocycles. The van der Waals surface area contributed by atoms with Crippen LogP contribution in [0.25, 0.3) is 0 Å². The minimum Gasteiger partial charge on any atom is -0.0976 e. The SMILES string of the molecule is ClC1(Cl)C2=CCC(C2)C1(Cl)Cl. The predicted molar refractivity (Wildman–Crippen MR) is 49.7 cm³/mol. The quantitative estimate of drug-likeness (QED) is 0.441. The van der Waals surface area contributed by atoms with Crippen molar-refractivity contribution < 1.29 is 0 Å². The number of halogens is 4. The Morgan fingerprint density at radius 3 is 2.18 bits per heavy atom. The van der Waals surface area contributed by atoms with Gasteiger partial charge in [0.15, 0.2) is 8.67 Å². The molecule has 2 aliphatic carbocycles. The van der Waals surface area contributed by atoms with E-state index >= 15 is 0 Å². The van der Waals surface area contributed by atoms with Crippen LogP contribution in [0.4, 0.5) is 0 Å². The van der Waals surface area contributed by atoms with Crippen LogP contribution in [0.5, 0.6) is 0 Å². The van der Waals surface area contributed by atoms with Crippen molar-refractivity contribution in [2.75, 3.05) is 0 Å². The van der Waals surface area contributed by atoms with Crippen LogP contribution in [0.2, 0.25) is 0 Å². The fraction of sp³-hybridized carbons (Fsp3) is 0.714. The monoisotopic (exact) mass is 230 g/mol. The predicted octanol–water partition coefficient (Wildman–Crippen LogP) is 3.68. The molecule has 0 heterocycles. The minimum absolute atomic E-state index is 0.204. The largest absolute Gasteiger partial charge is 0.172 e. The first-order valence-electron chi connectivity index (χ1n) is 3.41. The Balaban J connectivity index is 2.48. The lowest BCUT2D eigenvalue weighted by molar-refractivity contribution is 0.531. The van der Waals surface area contributed by atoms with Crippen LogP contribution in [0.1, 0.15) is 12.8 Å². The van der Waals surface area contributed by atoms with Gasteiger partial charge in [-0.1, -0.05) is 52.5 Å². The average Bonchev–Trinajstić information content (AvgIpc) is 2.37. The van der Waals surface area contributed by atoms with Gasteiger partial charge in [-0.15, -0.1) is 0 Å². The van der Waals surface area contributed by atoms with Gasteiger partial charge in [0, 0.05) is 5.92 Å². The second kappa shape index (κ2) is 2.23. The van der Waals surface area contributed by atoms with E-state index in [2.05, 4.69) is 0 Å². The van der Waals surface area contributed by atoms with Crippen molar-refractivity contribution in [1.29, 1.82) is 0 Å². The first-order chi connectivity index (χ1) is 4.96. The Morgan fingerprint density at radius 1 is 1.27 bits per heavy atom. The van der Waals surface area contributed by atoms with Gasteiger partial charge in [-0.25, -0.2) is 0 Å². The molecule has 0 aliphatic heterocycles. The zero-order valence-electron chi connectivity index (χ0n) is 5.58. The van der Waals surface area contributed by atoms with E-state index < -0.39 is 8.67 Å². The van der Waals surface area contributed by atoms with E-state index in [1.807, 2.05) is 6.08 Å². The summed E-state index contributed by atoms with van der Waals surface area (Å²) in [6.45, 7) is 0. The van der Waals surface area contributed by atoms with Crippen molar-refractivity contribution in [2.24, 2.45) is 5.92 Å². The summed E-state index contributed by atoms with van der Waals surface area (Å²) in [6.07, 6.45) is 3.79.